The van der Waals surface area contributed by atoms with Crippen LogP contribution in [-0.2, 0) is 6.54 Å². The Bertz CT molecular complexity index is 1340. The molecule has 0 saturated heterocycles. The van der Waals surface area contributed by atoms with E-state index in [4.69, 9.17) is 0 Å². The second-order valence-electron chi connectivity index (χ2n) is 9.42. The van der Waals surface area contributed by atoms with Gasteiger partial charge in [-0.25, -0.2) is 23.3 Å². The molecule has 2 N–H and O–H groups in total. The van der Waals surface area contributed by atoms with Crippen LogP contribution in [0.3, 0.4) is 0 Å². The molecule has 0 spiro atoms. The standard InChI is InChI=1S/C25H25F2N7O/c1-2-33-12-17(13-33)22-21-18(3-5-28-23(21)31-14-30-22)16-4-6-34-20(7-16)19(11-32-34)24(35)29-10-15-8-25(26,27)9-15/h3,7,11-15H,2,4-6,8-10H2,1H3,(H-,28,29,30,31,35)/p+1. The predicted molar refractivity (Wildman–Crippen MR) is 128 cm³/mol. The summed E-state index contributed by atoms with van der Waals surface area (Å²) < 4.78 is 30.2. The number of alkyl halides is 2. The Kier molecular flexibility index (Phi) is 5.12. The van der Waals surface area contributed by atoms with Crippen molar-refractivity contribution in [1.29, 1.82) is 0 Å². The molecule has 3 aliphatic heterocycles. The Morgan fingerprint density at radius 1 is 1.34 bits per heavy atom. The molecule has 1 saturated carbocycles. The molecule has 1 fully saturated rings. The fraction of sp³-hybridized carbons (Fsp3) is 0.400. The molecule has 0 atom stereocenters. The fourth-order valence-electron chi connectivity index (χ4n) is 5.13. The van der Waals surface area contributed by atoms with Gasteiger partial charge in [-0.05, 0) is 36.5 Å². The highest BCUT2D eigenvalue weighted by Gasteiger charge is 2.45. The number of amides is 1. The lowest BCUT2D eigenvalue weighted by atomic mass is 9.81. The first-order chi connectivity index (χ1) is 16.9. The van der Waals surface area contributed by atoms with E-state index in [1.54, 1.807) is 12.5 Å². The molecule has 1 amide bonds. The number of carbonyl (C=O) groups excluding carboxylic acids is 1. The van der Waals surface area contributed by atoms with Crippen LogP contribution in [0.2, 0.25) is 0 Å². The van der Waals surface area contributed by atoms with Crippen molar-refractivity contribution < 1.29 is 18.2 Å². The molecule has 10 heteroatoms. The normalized spacial score (nSPS) is 20.1. The SMILES string of the molecule is CC[N+]1=CC(c2ncnc3c2C(C2=Cc4c(C(=O)NCC5CC(F)(F)C5)cnn4CC2)=CCN3)=C1. The second-order valence-corrected chi connectivity index (χ2v) is 9.42. The van der Waals surface area contributed by atoms with Gasteiger partial charge in [0.25, 0.3) is 5.91 Å². The highest BCUT2D eigenvalue weighted by molar-refractivity contribution is 6.12. The number of aromatic nitrogens is 4. The van der Waals surface area contributed by atoms with E-state index in [0.29, 0.717) is 18.7 Å². The number of nitrogens with zero attached hydrogens (tertiary/aromatic N) is 5. The van der Waals surface area contributed by atoms with Crippen molar-refractivity contribution in [3.63, 3.8) is 0 Å². The lowest BCUT2D eigenvalue weighted by molar-refractivity contribution is -0.454. The Balaban J connectivity index is 1.28. The number of aryl methyl sites for hydroxylation is 1. The van der Waals surface area contributed by atoms with Crippen LogP contribution >= 0.6 is 0 Å². The Morgan fingerprint density at radius 3 is 2.94 bits per heavy atom. The first kappa shape index (κ1) is 21.8. The van der Waals surface area contributed by atoms with Gasteiger partial charge in [-0.2, -0.15) is 5.10 Å². The van der Waals surface area contributed by atoms with Crippen LogP contribution < -0.4 is 10.6 Å². The summed E-state index contributed by atoms with van der Waals surface area (Å²) in [6, 6.07) is 0. The summed E-state index contributed by atoms with van der Waals surface area (Å²) >= 11 is 0. The monoisotopic (exact) mass is 478 g/mol. The van der Waals surface area contributed by atoms with Crippen molar-refractivity contribution in [2.75, 3.05) is 25.0 Å². The summed E-state index contributed by atoms with van der Waals surface area (Å²) in [4.78, 5) is 21.9. The molecule has 35 heavy (non-hydrogen) atoms. The van der Waals surface area contributed by atoms with E-state index >= 15 is 0 Å². The molecule has 1 aliphatic carbocycles. The molecular weight excluding hydrogens is 452 g/mol. The minimum atomic E-state index is -2.59. The highest BCUT2D eigenvalue weighted by atomic mass is 19.3. The van der Waals surface area contributed by atoms with Crippen LogP contribution in [0.1, 0.15) is 53.5 Å². The van der Waals surface area contributed by atoms with Gasteiger partial charge in [0.1, 0.15) is 24.3 Å². The van der Waals surface area contributed by atoms with Gasteiger partial charge in [0.05, 0.1) is 28.7 Å². The van der Waals surface area contributed by atoms with Gasteiger partial charge in [-0.15, -0.1) is 0 Å². The number of fused-ring (bicyclic) bond motifs is 2. The maximum absolute atomic E-state index is 13.1. The molecule has 4 aliphatic rings. The van der Waals surface area contributed by atoms with Crippen molar-refractivity contribution in [1.82, 2.24) is 25.1 Å². The van der Waals surface area contributed by atoms with Crippen molar-refractivity contribution in [2.24, 2.45) is 5.92 Å². The third kappa shape index (κ3) is 3.86. The number of allylic oxidation sites excluding steroid dienone is 3. The molecule has 180 valence electrons. The smallest absolute Gasteiger partial charge is 0.255 e. The van der Waals surface area contributed by atoms with Gasteiger partial charge in [-0.1, -0.05) is 6.08 Å². The van der Waals surface area contributed by atoms with Crippen LogP contribution in [0, 0.1) is 5.92 Å². The Hall–Kier alpha value is -3.69. The summed E-state index contributed by atoms with van der Waals surface area (Å²) in [6.07, 6.45) is 11.9. The van der Waals surface area contributed by atoms with E-state index in [2.05, 4.69) is 55.7 Å². The number of anilines is 1. The summed E-state index contributed by atoms with van der Waals surface area (Å²) in [5, 5.41) is 10.5. The van der Waals surface area contributed by atoms with E-state index in [9.17, 15) is 13.6 Å². The molecule has 0 unspecified atom stereocenters. The lowest BCUT2D eigenvalue weighted by Crippen LogP contribution is -2.42. The van der Waals surface area contributed by atoms with Crippen LogP contribution in [0.5, 0.6) is 0 Å². The minimum absolute atomic E-state index is 0.167. The molecule has 0 radical (unpaired) electrons. The molecule has 6 rings (SSSR count). The summed E-state index contributed by atoms with van der Waals surface area (Å²) in [7, 11) is 0. The van der Waals surface area contributed by atoms with Crippen LogP contribution in [0.25, 0.3) is 17.2 Å². The van der Waals surface area contributed by atoms with E-state index in [1.165, 1.54) is 0 Å². The molecule has 0 bridgehead atoms. The quantitative estimate of drug-likeness (QED) is 0.623. The summed E-state index contributed by atoms with van der Waals surface area (Å²) in [5.41, 5.74) is 6.26. The predicted octanol–water partition coefficient (Wildman–Crippen LogP) is 3.20. The van der Waals surface area contributed by atoms with Gasteiger partial charge in [0.15, 0.2) is 12.4 Å². The first-order valence-corrected chi connectivity index (χ1v) is 12.0. The second kappa shape index (κ2) is 8.21. The number of rotatable bonds is 6. The van der Waals surface area contributed by atoms with Gasteiger partial charge < -0.3 is 10.6 Å². The number of hydrogen-bond acceptors (Lipinski definition) is 5. The lowest BCUT2D eigenvalue weighted by Gasteiger charge is -2.34. The van der Waals surface area contributed by atoms with Gasteiger partial charge in [0.2, 0.25) is 5.92 Å². The van der Waals surface area contributed by atoms with Crippen molar-refractivity contribution in [2.45, 2.75) is 38.7 Å². The molecule has 2 aromatic heterocycles. The highest BCUT2D eigenvalue weighted by Crippen LogP contribution is 2.42. The number of halogens is 2. The molecule has 8 nitrogen and oxygen atoms in total. The van der Waals surface area contributed by atoms with Crippen LogP contribution in [0.4, 0.5) is 14.6 Å². The van der Waals surface area contributed by atoms with Gasteiger partial charge in [-0.3, -0.25) is 9.48 Å². The van der Waals surface area contributed by atoms with E-state index < -0.39 is 5.92 Å². The van der Waals surface area contributed by atoms with Crippen molar-refractivity contribution >= 4 is 35.2 Å². The topological polar surface area (TPSA) is 87.7 Å². The van der Waals surface area contributed by atoms with Gasteiger partial charge >= 0.3 is 0 Å². The minimum Gasteiger partial charge on any atom is -0.366 e. The average Bonchev–Trinajstić information content (AvgIpc) is 3.23. The molecule has 0 aromatic carbocycles. The zero-order valence-corrected chi connectivity index (χ0v) is 19.4. The maximum atomic E-state index is 13.1. The zero-order valence-electron chi connectivity index (χ0n) is 19.4. The molecular formula is C25H26F2N7O+. The number of nitrogens with one attached hydrogen (secondary N) is 2. The molecule has 5 heterocycles. The van der Waals surface area contributed by atoms with E-state index in [1.807, 2.05) is 10.8 Å². The number of carbonyl (C=O) groups is 1. The summed E-state index contributed by atoms with van der Waals surface area (Å²) in [5.74, 6) is -2.25. The largest absolute Gasteiger partial charge is 0.366 e. The van der Waals surface area contributed by atoms with Crippen molar-refractivity contribution in [3.8, 4) is 0 Å². The zero-order chi connectivity index (χ0) is 24.2. The third-order valence-electron chi connectivity index (χ3n) is 7.04. The number of hydrogen-bond donors (Lipinski definition) is 2. The third-order valence-corrected chi connectivity index (χ3v) is 7.04. The first-order valence-electron chi connectivity index (χ1n) is 12.0. The summed E-state index contributed by atoms with van der Waals surface area (Å²) in [6.45, 7) is 4.54. The van der Waals surface area contributed by atoms with Crippen LogP contribution in [-0.4, -0.2) is 62.0 Å². The fourth-order valence-corrected chi connectivity index (χ4v) is 5.13. The molecule has 2 aromatic rings. The Labute approximate surface area is 201 Å². The average molecular weight is 479 g/mol. The van der Waals surface area contributed by atoms with Crippen LogP contribution in [0.15, 0.2) is 30.4 Å². The van der Waals surface area contributed by atoms with E-state index in [-0.39, 0.29) is 31.2 Å². The Morgan fingerprint density at radius 2 is 2.17 bits per heavy atom. The maximum Gasteiger partial charge on any atom is 0.255 e. The van der Waals surface area contributed by atoms with Gasteiger partial charge in [0, 0.05) is 32.5 Å². The van der Waals surface area contributed by atoms with Crippen molar-refractivity contribution in [3.05, 3.63) is 52.9 Å². The van der Waals surface area contributed by atoms with E-state index in [0.717, 1.165) is 52.5 Å².